The quantitative estimate of drug-likeness (QED) is 0.172. The molecule has 0 aliphatic carbocycles. The number of thioether (sulfide) groups is 1. The fourth-order valence-corrected chi connectivity index (χ4v) is 7.57. The number of carbonyl (C=O) groups is 1. The van der Waals surface area contributed by atoms with Crippen LogP contribution in [0.2, 0.25) is 0 Å². The van der Waals surface area contributed by atoms with Gasteiger partial charge in [-0.2, -0.15) is 13.2 Å². The number of aryl methyl sites for hydroxylation is 1. The van der Waals surface area contributed by atoms with Crippen LogP contribution in [0.15, 0.2) is 62.5 Å². The molecule has 16 heteroatoms. The maximum absolute atomic E-state index is 13.4. The Balaban J connectivity index is 0.000000638. The summed E-state index contributed by atoms with van der Waals surface area (Å²) in [6.45, 7) is 1.83. The molecular formula is C22H22F3N3O6S4. The van der Waals surface area contributed by atoms with Crippen LogP contribution in [-0.2, 0) is 24.7 Å². The Hall–Kier alpha value is -3.08. The summed E-state index contributed by atoms with van der Waals surface area (Å²) in [5.41, 5.74) is 7.88. The second-order valence-electron chi connectivity index (χ2n) is 7.59. The third-order valence-electron chi connectivity index (χ3n) is 4.65. The van der Waals surface area contributed by atoms with Gasteiger partial charge in [-0.1, -0.05) is 24.3 Å². The van der Waals surface area contributed by atoms with Gasteiger partial charge >= 0.3 is 12.1 Å². The zero-order valence-electron chi connectivity index (χ0n) is 20.0. The first-order chi connectivity index (χ1) is 17.4. The van der Waals surface area contributed by atoms with Crippen LogP contribution in [-0.4, -0.2) is 52.4 Å². The second kappa shape index (κ2) is 11.8. The van der Waals surface area contributed by atoms with Crippen LogP contribution in [0.25, 0.3) is 11.1 Å². The lowest BCUT2D eigenvalue weighted by atomic mass is 9.99. The molecule has 0 spiro atoms. The van der Waals surface area contributed by atoms with Gasteiger partial charge in [0.2, 0.25) is 19.9 Å². The minimum absolute atomic E-state index is 0.0711. The molecule has 0 radical (unpaired) electrons. The molecule has 0 aliphatic heterocycles. The molecule has 1 heterocycles. The van der Waals surface area contributed by atoms with Gasteiger partial charge in [0.15, 0.2) is 0 Å². The van der Waals surface area contributed by atoms with E-state index in [9.17, 15) is 30.0 Å². The van der Waals surface area contributed by atoms with Gasteiger partial charge in [0.25, 0.3) is 0 Å². The molecule has 0 fully saturated rings. The summed E-state index contributed by atoms with van der Waals surface area (Å²) in [7, 11) is -7.41. The number of nitrogens with two attached hydrogens (primary N) is 1. The van der Waals surface area contributed by atoms with E-state index in [1.807, 2.05) is 13.0 Å². The molecule has 2 aromatic carbocycles. The number of hydrogen-bond donors (Lipinski definition) is 4. The van der Waals surface area contributed by atoms with Gasteiger partial charge in [-0.25, -0.2) is 21.6 Å². The van der Waals surface area contributed by atoms with E-state index in [0.717, 1.165) is 23.2 Å². The van der Waals surface area contributed by atoms with Crippen molar-refractivity contribution in [3.8, 4) is 11.1 Å². The normalized spacial score (nSPS) is 11.8. The number of nitrogens with one attached hydrogen (secondary N) is 2. The van der Waals surface area contributed by atoms with Crippen molar-refractivity contribution in [2.45, 2.75) is 27.1 Å². The first kappa shape index (κ1) is 31.1. The van der Waals surface area contributed by atoms with Crippen molar-refractivity contribution in [2.75, 3.05) is 17.2 Å². The van der Waals surface area contributed by atoms with Gasteiger partial charge in [-0.15, -0.1) is 23.1 Å². The van der Waals surface area contributed by atoms with Crippen LogP contribution in [0.5, 0.6) is 0 Å². The van der Waals surface area contributed by atoms with E-state index in [1.165, 1.54) is 30.0 Å². The van der Waals surface area contributed by atoms with E-state index in [0.29, 0.717) is 25.9 Å². The van der Waals surface area contributed by atoms with Crippen molar-refractivity contribution in [3.63, 3.8) is 0 Å². The Morgan fingerprint density at radius 1 is 1.11 bits per heavy atom. The maximum atomic E-state index is 13.4. The number of rotatable bonds is 7. The highest BCUT2D eigenvalue weighted by atomic mass is 32.2. The lowest BCUT2D eigenvalue weighted by molar-refractivity contribution is -0.192. The average molecular weight is 610 g/mol. The fraction of sp³-hybridized carbons (Fsp3) is 0.182. The second-order valence-corrected chi connectivity index (χ2v) is 13.4. The number of alkyl halides is 3. The van der Waals surface area contributed by atoms with Gasteiger partial charge < -0.3 is 10.8 Å². The molecule has 0 saturated heterocycles. The summed E-state index contributed by atoms with van der Waals surface area (Å²) in [5, 5.41) is 14.7. The number of amidine groups is 1. The molecular weight excluding hydrogens is 588 g/mol. The minimum Gasteiger partial charge on any atom is -0.475 e. The molecule has 0 saturated carbocycles. The van der Waals surface area contributed by atoms with E-state index in [1.54, 1.807) is 30.5 Å². The predicted molar refractivity (Wildman–Crippen MR) is 141 cm³/mol. The SMILES string of the molecule is CSc1sc(C(=N)N)cc1S(=O)(=O)c1cccc(-c2c(C)cccc2NS(C)(=O)=O)c1.O=C(O)C(F)(F)F. The van der Waals surface area contributed by atoms with Crippen LogP contribution in [0, 0.1) is 12.3 Å². The Morgan fingerprint density at radius 3 is 2.18 bits per heavy atom. The molecule has 1 aromatic heterocycles. The molecule has 3 rings (SSSR count). The van der Waals surface area contributed by atoms with Crippen molar-refractivity contribution in [1.82, 2.24) is 0 Å². The summed E-state index contributed by atoms with van der Waals surface area (Å²) >= 11 is 2.44. The van der Waals surface area contributed by atoms with Gasteiger partial charge in [0.05, 0.1) is 30.8 Å². The number of sulfone groups is 1. The van der Waals surface area contributed by atoms with E-state index >= 15 is 0 Å². The number of nitrogen functional groups attached to an aromatic ring is 1. The number of thiophene rings is 1. The summed E-state index contributed by atoms with van der Waals surface area (Å²) < 4.78 is 85.2. The Bertz CT molecular complexity index is 1580. The molecule has 0 aliphatic rings. The number of anilines is 1. The number of hydrogen-bond acceptors (Lipinski definition) is 8. The molecule has 5 N–H and O–H groups in total. The Labute approximate surface area is 225 Å². The smallest absolute Gasteiger partial charge is 0.475 e. The lowest BCUT2D eigenvalue weighted by Gasteiger charge is -2.15. The first-order valence-electron chi connectivity index (χ1n) is 10.1. The molecule has 0 bridgehead atoms. The molecule has 38 heavy (non-hydrogen) atoms. The minimum atomic E-state index is -5.08. The van der Waals surface area contributed by atoms with Crippen molar-refractivity contribution < 1.29 is 39.9 Å². The van der Waals surface area contributed by atoms with Gasteiger partial charge in [0.1, 0.15) is 5.84 Å². The third kappa shape index (κ3) is 7.72. The van der Waals surface area contributed by atoms with Gasteiger partial charge in [-0.05, 0) is 48.6 Å². The standard InChI is InChI=1S/C20H21N3O4S4.C2HF3O2/c1-12-6-4-9-15(23-30(3,24)25)18(12)13-7-5-8-14(10-13)31(26,27)17-11-16(19(21)22)29-20(17)28-2;3-2(4,5)1(6)7/h4-11,23H,1-3H3,(H3,21,22);(H,6,7). The largest absolute Gasteiger partial charge is 0.490 e. The van der Waals surface area contributed by atoms with Crippen LogP contribution >= 0.6 is 23.1 Å². The maximum Gasteiger partial charge on any atom is 0.490 e. The first-order valence-corrected chi connectivity index (χ1v) is 15.5. The number of aliphatic carboxylic acids is 1. The van der Waals surface area contributed by atoms with Crippen LogP contribution in [0.3, 0.4) is 0 Å². The molecule has 0 unspecified atom stereocenters. The monoisotopic (exact) mass is 609 g/mol. The number of sulfonamides is 1. The van der Waals surface area contributed by atoms with E-state index in [2.05, 4.69) is 4.72 Å². The van der Waals surface area contributed by atoms with Crippen molar-refractivity contribution >= 4 is 60.5 Å². The number of halogens is 3. The molecule has 206 valence electrons. The Morgan fingerprint density at radius 2 is 1.68 bits per heavy atom. The van der Waals surface area contributed by atoms with Crippen LogP contribution in [0.1, 0.15) is 10.4 Å². The van der Waals surface area contributed by atoms with Crippen molar-refractivity contribution in [1.29, 1.82) is 5.41 Å². The van der Waals surface area contributed by atoms with Crippen molar-refractivity contribution in [3.05, 3.63) is 59.0 Å². The molecule has 0 atom stereocenters. The van der Waals surface area contributed by atoms with Crippen LogP contribution < -0.4 is 10.5 Å². The summed E-state index contributed by atoms with van der Waals surface area (Å²) in [5.74, 6) is -2.94. The van der Waals surface area contributed by atoms with E-state index < -0.39 is 32.0 Å². The summed E-state index contributed by atoms with van der Waals surface area (Å²) in [4.78, 5) is 9.46. The highest BCUT2D eigenvalue weighted by molar-refractivity contribution is 8.01. The topological polar surface area (TPSA) is 167 Å². The number of benzene rings is 2. The molecule has 0 amide bonds. The molecule has 3 aromatic rings. The average Bonchev–Trinajstić information content (AvgIpc) is 3.24. The van der Waals surface area contributed by atoms with E-state index in [-0.39, 0.29) is 15.6 Å². The zero-order valence-corrected chi connectivity index (χ0v) is 23.2. The summed E-state index contributed by atoms with van der Waals surface area (Å²) in [6, 6.07) is 13.0. The fourth-order valence-electron chi connectivity index (χ4n) is 3.10. The third-order valence-corrected chi connectivity index (χ3v) is 9.58. The van der Waals surface area contributed by atoms with E-state index in [4.69, 9.17) is 21.0 Å². The predicted octanol–water partition coefficient (Wildman–Crippen LogP) is 4.57. The number of carboxylic acids is 1. The Kier molecular flexibility index (Phi) is 9.63. The van der Waals surface area contributed by atoms with Gasteiger partial charge in [-0.3, -0.25) is 10.1 Å². The zero-order chi connectivity index (χ0) is 29.1. The molecule has 9 nitrogen and oxygen atoms in total. The van der Waals surface area contributed by atoms with Gasteiger partial charge in [0, 0.05) is 5.56 Å². The lowest BCUT2D eigenvalue weighted by Crippen LogP contribution is -2.21. The summed E-state index contributed by atoms with van der Waals surface area (Å²) in [6.07, 6.45) is -2.26. The highest BCUT2D eigenvalue weighted by Gasteiger charge is 2.38. The van der Waals surface area contributed by atoms with Crippen molar-refractivity contribution in [2.24, 2.45) is 5.73 Å². The highest BCUT2D eigenvalue weighted by Crippen LogP contribution is 2.39. The van der Waals surface area contributed by atoms with Crippen LogP contribution in [0.4, 0.5) is 18.9 Å². The number of carboxylic acid groups (broad SMARTS) is 1.